The van der Waals surface area contributed by atoms with Crippen LogP contribution in [0.5, 0.6) is 5.75 Å². The van der Waals surface area contributed by atoms with Crippen molar-refractivity contribution in [3.8, 4) is 5.75 Å². The van der Waals surface area contributed by atoms with Gasteiger partial charge in [0.05, 0.1) is 24.6 Å². The minimum absolute atomic E-state index is 0.222. The molecule has 7 nitrogen and oxygen atoms in total. The molecule has 2 amide bonds. The van der Waals surface area contributed by atoms with Crippen molar-refractivity contribution in [1.82, 2.24) is 5.43 Å². The molecule has 3 rings (SSSR count). The van der Waals surface area contributed by atoms with E-state index in [4.69, 9.17) is 9.15 Å². The van der Waals surface area contributed by atoms with Gasteiger partial charge in [0, 0.05) is 5.69 Å². The van der Waals surface area contributed by atoms with E-state index in [1.165, 1.54) is 13.4 Å². The molecule has 2 N–H and O–H groups in total. The van der Waals surface area contributed by atoms with Gasteiger partial charge in [-0.2, -0.15) is 5.10 Å². The molecular formula is C21H19N3O4. The number of methoxy groups -OCH3 is 1. The van der Waals surface area contributed by atoms with Crippen LogP contribution in [-0.2, 0) is 0 Å². The summed E-state index contributed by atoms with van der Waals surface area (Å²) in [6.07, 6.45) is 1.44. The molecule has 0 aliphatic rings. The minimum atomic E-state index is -0.376. The third kappa shape index (κ3) is 4.45. The summed E-state index contributed by atoms with van der Waals surface area (Å²) in [4.78, 5) is 24.4. The molecule has 1 heterocycles. The van der Waals surface area contributed by atoms with E-state index in [0.717, 1.165) is 5.56 Å². The molecule has 0 atom stereocenters. The number of hydrogen-bond donors (Lipinski definition) is 2. The van der Waals surface area contributed by atoms with Gasteiger partial charge >= 0.3 is 0 Å². The number of nitrogens with one attached hydrogen (secondary N) is 2. The Bertz CT molecular complexity index is 1010. The molecule has 0 aliphatic carbocycles. The number of para-hydroxylation sites is 1. The van der Waals surface area contributed by atoms with E-state index in [2.05, 4.69) is 15.8 Å². The SMILES string of the molecule is COc1ccccc1C(=O)N/N=C(\C)c1cccc(NC(=O)c2ccco2)c1. The summed E-state index contributed by atoms with van der Waals surface area (Å²) in [6.45, 7) is 1.76. The van der Waals surface area contributed by atoms with Crippen LogP contribution in [0.15, 0.2) is 76.4 Å². The molecule has 0 fully saturated rings. The Morgan fingerprint density at radius 1 is 1.00 bits per heavy atom. The van der Waals surface area contributed by atoms with Gasteiger partial charge < -0.3 is 14.5 Å². The fourth-order valence-electron chi connectivity index (χ4n) is 2.51. The molecule has 2 aromatic carbocycles. The van der Waals surface area contributed by atoms with Crippen molar-refractivity contribution in [1.29, 1.82) is 0 Å². The van der Waals surface area contributed by atoms with Crippen LogP contribution in [0.1, 0.15) is 33.4 Å². The Morgan fingerprint density at radius 3 is 2.57 bits per heavy atom. The second-order valence-corrected chi connectivity index (χ2v) is 5.85. The van der Waals surface area contributed by atoms with E-state index < -0.39 is 0 Å². The van der Waals surface area contributed by atoms with E-state index in [-0.39, 0.29) is 17.6 Å². The fraction of sp³-hybridized carbons (Fsp3) is 0.0952. The van der Waals surface area contributed by atoms with E-state index >= 15 is 0 Å². The van der Waals surface area contributed by atoms with Crippen LogP contribution in [0.3, 0.4) is 0 Å². The van der Waals surface area contributed by atoms with Gasteiger partial charge in [0.25, 0.3) is 11.8 Å². The largest absolute Gasteiger partial charge is 0.496 e. The maximum absolute atomic E-state index is 12.3. The Balaban J connectivity index is 1.70. The quantitative estimate of drug-likeness (QED) is 0.506. The number of anilines is 1. The topological polar surface area (TPSA) is 92.9 Å². The molecule has 0 aliphatic heterocycles. The van der Waals surface area contributed by atoms with E-state index in [0.29, 0.717) is 22.7 Å². The predicted molar refractivity (Wildman–Crippen MR) is 106 cm³/mol. The Kier molecular flexibility index (Phi) is 5.86. The summed E-state index contributed by atoms with van der Waals surface area (Å²) in [7, 11) is 1.50. The smallest absolute Gasteiger partial charge is 0.291 e. The molecule has 28 heavy (non-hydrogen) atoms. The first-order chi connectivity index (χ1) is 13.6. The summed E-state index contributed by atoms with van der Waals surface area (Å²) < 4.78 is 10.3. The van der Waals surface area contributed by atoms with Gasteiger partial charge in [0.1, 0.15) is 5.75 Å². The van der Waals surface area contributed by atoms with Crippen LogP contribution in [0, 0.1) is 0 Å². The van der Waals surface area contributed by atoms with Crippen LogP contribution in [-0.4, -0.2) is 24.6 Å². The van der Waals surface area contributed by atoms with Crippen LogP contribution in [0.25, 0.3) is 0 Å². The first kappa shape index (κ1) is 18.9. The zero-order valence-corrected chi connectivity index (χ0v) is 15.4. The van der Waals surface area contributed by atoms with Crippen molar-refractivity contribution in [3.63, 3.8) is 0 Å². The Morgan fingerprint density at radius 2 is 1.82 bits per heavy atom. The highest BCUT2D eigenvalue weighted by Gasteiger charge is 2.12. The van der Waals surface area contributed by atoms with Crippen molar-refractivity contribution in [2.24, 2.45) is 5.10 Å². The monoisotopic (exact) mass is 377 g/mol. The van der Waals surface area contributed by atoms with Gasteiger partial charge in [-0.15, -0.1) is 0 Å². The molecule has 3 aromatic rings. The van der Waals surface area contributed by atoms with Gasteiger partial charge in [-0.3, -0.25) is 9.59 Å². The number of amides is 2. The van der Waals surface area contributed by atoms with Crippen molar-refractivity contribution in [3.05, 3.63) is 83.8 Å². The second-order valence-electron chi connectivity index (χ2n) is 5.85. The summed E-state index contributed by atoms with van der Waals surface area (Å²) in [5.74, 6) is -0.0318. The number of carbonyl (C=O) groups excluding carboxylic acids is 2. The lowest BCUT2D eigenvalue weighted by molar-refractivity contribution is 0.0950. The van der Waals surface area contributed by atoms with Crippen molar-refractivity contribution >= 4 is 23.2 Å². The summed E-state index contributed by atoms with van der Waals surface area (Å²) in [5.41, 5.74) is 4.83. The number of carbonyl (C=O) groups is 2. The number of hydrazone groups is 1. The molecule has 0 saturated heterocycles. The number of ether oxygens (including phenoxy) is 1. The lowest BCUT2D eigenvalue weighted by Gasteiger charge is -2.08. The van der Waals surface area contributed by atoms with Gasteiger partial charge in [-0.05, 0) is 48.9 Å². The Labute approximate surface area is 162 Å². The first-order valence-electron chi connectivity index (χ1n) is 8.51. The average Bonchev–Trinajstić information content (AvgIpc) is 3.27. The normalized spacial score (nSPS) is 11.0. The Hall–Kier alpha value is -3.87. The molecule has 7 heteroatoms. The number of benzene rings is 2. The average molecular weight is 377 g/mol. The van der Waals surface area contributed by atoms with Crippen LogP contribution in [0.2, 0.25) is 0 Å². The molecule has 0 saturated carbocycles. The highest BCUT2D eigenvalue weighted by molar-refractivity contribution is 6.05. The fourth-order valence-corrected chi connectivity index (χ4v) is 2.51. The zero-order valence-electron chi connectivity index (χ0n) is 15.4. The number of nitrogens with zero attached hydrogens (tertiary/aromatic N) is 1. The van der Waals surface area contributed by atoms with Crippen LogP contribution in [0.4, 0.5) is 5.69 Å². The van der Waals surface area contributed by atoms with Gasteiger partial charge in [0.15, 0.2) is 5.76 Å². The summed E-state index contributed by atoms with van der Waals surface area (Å²) in [5, 5.41) is 6.90. The minimum Gasteiger partial charge on any atom is -0.496 e. The molecular weight excluding hydrogens is 358 g/mol. The predicted octanol–water partition coefficient (Wildman–Crippen LogP) is 3.69. The van der Waals surface area contributed by atoms with Crippen molar-refractivity contribution in [2.75, 3.05) is 12.4 Å². The van der Waals surface area contributed by atoms with Crippen molar-refractivity contribution in [2.45, 2.75) is 6.92 Å². The molecule has 0 spiro atoms. The van der Waals surface area contributed by atoms with E-state index in [1.807, 2.05) is 6.07 Å². The van der Waals surface area contributed by atoms with Crippen molar-refractivity contribution < 1.29 is 18.7 Å². The maximum atomic E-state index is 12.3. The van der Waals surface area contributed by atoms with E-state index in [1.54, 1.807) is 61.5 Å². The zero-order chi connectivity index (χ0) is 19.9. The highest BCUT2D eigenvalue weighted by atomic mass is 16.5. The lowest BCUT2D eigenvalue weighted by Crippen LogP contribution is -2.20. The number of hydrogen-bond acceptors (Lipinski definition) is 5. The number of rotatable bonds is 6. The molecule has 142 valence electrons. The molecule has 1 aromatic heterocycles. The third-order valence-corrected chi connectivity index (χ3v) is 3.96. The summed E-state index contributed by atoms with van der Waals surface area (Å²) in [6, 6.07) is 17.3. The van der Waals surface area contributed by atoms with Crippen LogP contribution >= 0.6 is 0 Å². The summed E-state index contributed by atoms with van der Waals surface area (Å²) >= 11 is 0. The van der Waals surface area contributed by atoms with Gasteiger partial charge in [-0.1, -0.05) is 24.3 Å². The molecule has 0 radical (unpaired) electrons. The van der Waals surface area contributed by atoms with Gasteiger partial charge in [-0.25, -0.2) is 5.43 Å². The number of furan rings is 1. The van der Waals surface area contributed by atoms with Crippen LogP contribution < -0.4 is 15.5 Å². The molecule has 0 unspecified atom stereocenters. The van der Waals surface area contributed by atoms with Gasteiger partial charge in [0.2, 0.25) is 0 Å². The maximum Gasteiger partial charge on any atom is 0.291 e. The highest BCUT2D eigenvalue weighted by Crippen LogP contribution is 2.17. The lowest BCUT2D eigenvalue weighted by atomic mass is 10.1. The first-order valence-corrected chi connectivity index (χ1v) is 8.51. The van der Waals surface area contributed by atoms with E-state index in [9.17, 15) is 9.59 Å². The standard InChI is InChI=1S/C21H19N3O4/c1-14(23-24-20(25)17-9-3-4-10-18(17)27-2)15-7-5-8-16(13-15)22-21(26)19-11-6-12-28-19/h3-13H,1-2H3,(H,22,26)(H,24,25)/b23-14+. The third-order valence-electron chi connectivity index (χ3n) is 3.96. The second kappa shape index (κ2) is 8.68. The molecule has 0 bridgehead atoms.